The zero-order chi connectivity index (χ0) is 31.1. The van der Waals surface area contributed by atoms with Crippen molar-refractivity contribution in [2.24, 2.45) is 5.92 Å². The lowest BCUT2D eigenvalue weighted by Crippen LogP contribution is -2.53. The highest BCUT2D eigenvalue weighted by atomic mass is 19.4. The van der Waals surface area contributed by atoms with Gasteiger partial charge in [0.2, 0.25) is 5.91 Å². The minimum absolute atomic E-state index is 0.00407. The van der Waals surface area contributed by atoms with E-state index < -0.39 is 58.3 Å². The van der Waals surface area contributed by atoms with Gasteiger partial charge in [0.15, 0.2) is 0 Å². The molecule has 2 aliphatic heterocycles. The quantitative estimate of drug-likeness (QED) is 0.231. The van der Waals surface area contributed by atoms with Crippen molar-refractivity contribution in [1.82, 2.24) is 9.80 Å². The van der Waals surface area contributed by atoms with Gasteiger partial charge in [-0.3, -0.25) is 19.7 Å². The number of halogens is 6. The molecule has 8 nitrogen and oxygen atoms in total. The van der Waals surface area contributed by atoms with Gasteiger partial charge in [-0.2, -0.15) is 26.3 Å². The molecule has 41 heavy (non-hydrogen) atoms. The fourth-order valence-electron chi connectivity index (χ4n) is 5.62. The zero-order valence-electron chi connectivity index (χ0n) is 23.6. The van der Waals surface area contributed by atoms with E-state index in [-0.39, 0.29) is 76.0 Å². The van der Waals surface area contributed by atoms with E-state index in [0.29, 0.717) is 6.07 Å². The molecule has 1 saturated carbocycles. The summed E-state index contributed by atoms with van der Waals surface area (Å²) in [5.74, 6) is -3.10. The number of rotatable bonds is 4. The first-order chi connectivity index (χ1) is 19.3. The lowest BCUT2D eigenvalue weighted by Gasteiger charge is -2.39. The van der Waals surface area contributed by atoms with Crippen LogP contribution in [0.15, 0.2) is 12.1 Å². The lowest BCUT2D eigenvalue weighted by atomic mass is 9.94. The van der Waals surface area contributed by atoms with Crippen molar-refractivity contribution in [3.8, 4) is 0 Å². The Labute approximate surface area is 235 Å². The summed E-state index contributed by atoms with van der Waals surface area (Å²) in [7, 11) is 0. The zero-order valence-corrected chi connectivity index (χ0v) is 23.6. The monoisotopic (exact) mass is 597 g/mol. The summed E-state index contributed by atoms with van der Waals surface area (Å²) >= 11 is 0. The molecule has 2 unspecified atom stereocenters. The summed E-state index contributed by atoms with van der Waals surface area (Å²) in [6.07, 6.45) is -8.99. The molecule has 0 spiro atoms. The number of nitro groups is 1. The van der Waals surface area contributed by atoms with E-state index in [0.717, 1.165) is 11.0 Å². The number of alkyl halides is 6. The van der Waals surface area contributed by atoms with Crippen molar-refractivity contribution >= 4 is 17.5 Å². The summed E-state index contributed by atoms with van der Waals surface area (Å²) in [4.78, 5) is 38.2. The van der Waals surface area contributed by atoms with Crippen LogP contribution < -0.4 is 0 Å². The van der Waals surface area contributed by atoms with E-state index in [1.807, 2.05) is 27.7 Å². The van der Waals surface area contributed by atoms with Crippen LogP contribution in [-0.4, -0.2) is 64.6 Å². The molecule has 0 bridgehead atoms. The molecule has 2 amide bonds. The van der Waals surface area contributed by atoms with Gasteiger partial charge in [-0.25, -0.2) is 0 Å². The van der Waals surface area contributed by atoms with Crippen molar-refractivity contribution in [3.63, 3.8) is 0 Å². The van der Waals surface area contributed by atoms with Gasteiger partial charge in [0.1, 0.15) is 0 Å². The summed E-state index contributed by atoms with van der Waals surface area (Å²) in [6, 6.07) is -0.180. The molecule has 4 rings (SSSR count). The predicted molar refractivity (Wildman–Crippen MR) is 138 cm³/mol. The Bertz CT molecular complexity index is 1070. The van der Waals surface area contributed by atoms with Gasteiger partial charge in [0.05, 0.1) is 10.5 Å². The largest absolute Gasteiger partial charge is 0.471 e. The van der Waals surface area contributed by atoms with Crippen LogP contribution in [0.25, 0.3) is 0 Å². The number of amides is 2. The van der Waals surface area contributed by atoms with Crippen molar-refractivity contribution in [1.29, 1.82) is 0 Å². The van der Waals surface area contributed by atoms with Crippen molar-refractivity contribution in [2.45, 2.75) is 97.2 Å². The van der Waals surface area contributed by atoms with Crippen LogP contribution in [0, 0.1) is 16.0 Å². The summed E-state index contributed by atoms with van der Waals surface area (Å²) in [5, 5.41) is 11.4. The molecule has 3 aliphatic rings. The normalized spacial score (nSPS) is 21.1. The molecule has 1 aromatic rings. The Hall–Kier alpha value is -2.90. The van der Waals surface area contributed by atoms with E-state index in [1.165, 1.54) is 4.90 Å². The predicted octanol–water partition coefficient (Wildman–Crippen LogP) is 6.29. The molecule has 0 aromatic heterocycles. The molecule has 14 heteroatoms. The fraction of sp³-hybridized carbons (Fsp3) is 0.704. The van der Waals surface area contributed by atoms with Gasteiger partial charge in [-0.15, -0.1) is 0 Å². The van der Waals surface area contributed by atoms with Gasteiger partial charge >= 0.3 is 18.3 Å². The second-order valence-electron chi connectivity index (χ2n) is 9.62. The molecule has 1 aromatic carbocycles. The highest BCUT2D eigenvalue weighted by Gasteiger charge is 2.49. The van der Waals surface area contributed by atoms with Crippen LogP contribution in [0.1, 0.15) is 76.5 Å². The highest BCUT2D eigenvalue weighted by molar-refractivity contribution is 5.83. The maximum absolute atomic E-state index is 13.4. The Morgan fingerprint density at radius 1 is 0.976 bits per heavy atom. The third-order valence-corrected chi connectivity index (χ3v) is 7.36. The second kappa shape index (κ2) is 14.3. The van der Waals surface area contributed by atoms with Crippen molar-refractivity contribution in [3.05, 3.63) is 38.9 Å². The van der Waals surface area contributed by atoms with E-state index >= 15 is 0 Å². The first kappa shape index (κ1) is 34.3. The maximum atomic E-state index is 13.4. The molecular weight excluding hydrogens is 560 g/mol. The molecule has 2 heterocycles. The first-order valence-corrected chi connectivity index (χ1v) is 13.9. The average Bonchev–Trinajstić information content (AvgIpc) is 3.43. The fourth-order valence-corrected chi connectivity index (χ4v) is 5.62. The molecule has 2 atom stereocenters. The second-order valence-corrected chi connectivity index (χ2v) is 9.62. The van der Waals surface area contributed by atoms with Crippen molar-refractivity contribution in [2.75, 3.05) is 19.8 Å². The topological polar surface area (TPSA) is 93.0 Å². The number of fused-ring (bicyclic) bond motifs is 1. The first-order valence-electron chi connectivity index (χ1n) is 13.9. The summed E-state index contributed by atoms with van der Waals surface area (Å²) in [6.45, 7) is 8.21. The third-order valence-electron chi connectivity index (χ3n) is 7.36. The Balaban J connectivity index is 0.00000141. The van der Waals surface area contributed by atoms with Gasteiger partial charge < -0.3 is 14.5 Å². The van der Waals surface area contributed by atoms with Gasteiger partial charge in [0.25, 0.3) is 5.69 Å². The molecular formula is C27H37F6N3O5. The molecule has 1 saturated heterocycles. The number of carbonyl (C=O) groups is 2. The van der Waals surface area contributed by atoms with Gasteiger partial charge in [0, 0.05) is 55.9 Å². The summed E-state index contributed by atoms with van der Waals surface area (Å²) in [5.41, 5.74) is -1.69. The van der Waals surface area contributed by atoms with Gasteiger partial charge in [-0.05, 0) is 50.2 Å². The molecule has 232 valence electrons. The SMILES string of the molecule is CC.CC.O=C(C1CCC(N(C(=O)C(F)(F)F)C2CCOCC2)C1)N1CCc2c(cc(C(F)(F)F)cc2[N+](=O)[O-])C1. The van der Waals surface area contributed by atoms with E-state index in [1.54, 1.807) is 0 Å². The van der Waals surface area contributed by atoms with Crippen LogP contribution in [-0.2, 0) is 33.5 Å². The van der Waals surface area contributed by atoms with Crippen LogP contribution >= 0.6 is 0 Å². The molecule has 1 aliphatic carbocycles. The Morgan fingerprint density at radius 2 is 1.59 bits per heavy atom. The highest BCUT2D eigenvalue weighted by Crippen LogP contribution is 2.39. The van der Waals surface area contributed by atoms with E-state index in [2.05, 4.69) is 0 Å². The van der Waals surface area contributed by atoms with Gasteiger partial charge in [-0.1, -0.05) is 27.7 Å². The van der Waals surface area contributed by atoms with Crippen molar-refractivity contribution < 1.29 is 45.6 Å². The number of benzene rings is 1. The summed E-state index contributed by atoms with van der Waals surface area (Å²) < 4.78 is 85.2. The van der Waals surface area contributed by atoms with Crippen LogP contribution in [0.5, 0.6) is 0 Å². The molecule has 2 fully saturated rings. The van der Waals surface area contributed by atoms with Crippen LogP contribution in [0.4, 0.5) is 32.0 Å². The lowest BCUT2D eigenvalue weighted by molar-refractivity contribution is -0.385. The van der Waals surface area contributed by atoms with Crippen LogP contribution in [0.2, 0.25) is 0 Å². The minimum Gasteiger partial charge on any atom is -0.381 e. The van der Waals surface area contributed by atoms with E-state index in [4.69, 9.17) is 4.74 Å². The number of carbonyl (C=O) groups excluding carboxylic acids is 2. The average molecular weight is 598 g/mol. The number of hydrogen-bond donors (Lipinski definition) is 0. The smallest absolute Gasteiger partial charge is 0.381 e. The minimum atomic E-state index is -5.07. The molecule has 0 radical (unpaired) electrons. The standard InChI is InChI=1S/C23H25F6N3O5.2C2H6/c24-22(25,26)15-9-14-12-30(6-3-18(14)19(11-15)32(35)36)20(33)13-1-2-17(10-13)31(21(34)23(27,28)29)16-4-7-37-8-5-16;2*1-2/h9,11,13,16-17H,1-8,10,12H2;2*1-2H3. The number of nitrogens with zero attached hydrogens (tertiary/aromatic N) is 3. The Kier molecular flexibility index (Phi) is 12.0. The molecule has 0 N–H and O–H groups in total. The van der Waals surface area contributed by atoms with Crippen LogP contribution in [0.3, 0.4) is 0 Å². The third kappa shape index (κ3) is 8.10. The maximum Gasteiger partial charge on any atom is 0.471 e. The Morgan fingerprint density at radius 3 is 2.12 bits per heavy atom. The number of nitro benzene ring substituents is 1. The number of ether oxygens (including phenoxy) is 1. The van der Waals surface area contributed by atoms with E-state index in [9.17, 15) is 46.0 Å². The number of hydrogen-bond acceptors (Lipinski definition) is 5.